The minimum Gasteiger partial charge on any atom is -0.493 e. The van der Waals surface area contributed by atoms with Gasteiger partial charge < -0.3 is 19.1 Å². The van der Waals surface area contributed by atoms with E-state index in [1.54, 1.807) is 13.0 Å². The Kier molecular flexibility index (Phi) is 5.75. The van der Waals surface area contributed by atoms with E-state index in [-0.39, 0.29) is 0 Å². The lowest BCUT2D eigenvalue weighted by Gasteiger charge is -2.17. The first-order chi connectivity index (χ1) is 11.4. The van der Waals surface area contributed by atoms with E-state index < -0.39 is 12.1 Å². The first-order valence-corrected chi connectivity index (χ1v) is 7.43. The molecule has 130 valence electrons. The molecule has 8 nitrogen and oxygen atoms in total. The summed E-state index contributed by atoms with van der Waals surface area (Å²) in [5, 5.41) is 12.7. The molecule has 0 amide bonds. The second-order valence-electron chi connectivity index (χ2n) is 5.49. The molecule has 1 heterocycles. The highest BCUT2D eigenvalue weighted by Gasteiger charge is 2.16. The van der Waals surface area contributed by atoms with Crippen molar-refractivity contribution in [1.29, 1.82) is 0 Å². The Balaban J connectivity index is 2.04. The van der Waals surface area contributed by atoms with Crippen molar-refractivity contribution in [2.45, 2.75) is 33.0 Å². The third kappa shape index (κ3) is 4.69. The minimum absolute atomic E-state index is 0.395. The zero-order valence-electron chi connectivity index (χ0n) is 14.1. The molecule has 0 radical (unpaired) electrons. The number of ether oxygens (including phenoxy) is 2. The van der Waals surface area contributed by atoms with Gasteiger partial charge in [0.1, 0.15) is 0 Å². The standard InChI is InChI=1S/C16H21N3O5/c1-10(16(20)21)23-13-6-5-12(7-14(13)22-4)8-19(3)9-15-17-11(2)18-24-15/h5-7,10H,8-9H2,1-4H3,(H,20,21)/t10-/m1/s1. The molecule has 2 aromatic rings. The van der Waals surface area contributed by atoms with E-state index in [2.05, 4.69) is 10.1 Å². The summed E-state index contributed by atoms with van der Waals surface area (Å²) in [6, 6.07) is 5.39. The summed E-state index contributed by atoms with van der Waals surface area (Å²) in [7, 11) is 3.45. The Labute approximate surface area is 140 Å². The summed E-state index contributed by atoms with van der Waals surface area (Å²) in [5.74, 6) is 1.01. The first kappa shape index (κ1) is 17.7. The molecule has 0 aliphatic carbocycles. The molecule has 0 spiro atoms. The fourth-order valence-corrected chi connectivity index (χ4v) is 2.15. The van der Waals surface area contributed by atoms with Crippen LogP contribution in [0.4, 0.5) is 0 Å². The van der Waals surface area contributed by atoms with Crippen LogP contribution in [0.25, 0.3) is 0 Å². The van der Waals surface area contributed by atoms with Crippen molar-refractivity contribution in [3.05, 3.63) is 35.5 Å². The molecule has 0 aliphatic heterocycles. The van der Waals surface area contributed by atoms with E-state index in [0.29, 0.717) is 36.3 Å². The predicted octanol–water partition coefficient (Wildman–Crippen LogP) is 1.87. The fourth-order valence-electron chi connectivity index (χ4n) is 2.15. The number of aliphatic carboxylic acids is 1. The van der Waals surface area contributed by atoms with Crippen LogP contribution in [0.5, 0.6) is 11.5 Å². The van der Waals surface area contributed by atoms with Crippen molar-refractivity contribution in [3.63, 3.8) is 0 Å². The number of methoxy groups -OCH3 is 1. The van der Waals surface area contributed by atoms with Crippen LogP contribution in [0.1, 0.15) is 24.2 Å². The number of carboxylic acid groups (broad SMARTS) is 1. The van der Waals surface area contributed by atoms with Gasteiger partial charge in [0, 0.05) is 6.54 Å². The highest BCUT2D eigenvalue weighted by molar-refractivity contribution is 5.72. The van der Waals surface area contributed by atoms with Gasteiger partial charge in [-0.15, -0.1) is 0 Å². The van der Waals surface area contributed by atoms with Gasteiger partial charge in [-0.2, -0.15) is 4.98 Å². The highest BCUT2D eigenvalue weighted by atomic mass is 16.5. The molecule has 0 aliphatic rings. The Bertz CT molecular complexity index is 701. The Morgan fingerprint density at radius 2 is 2.12 bits per heavy atom. The molecule has 24 heavy (non-hydrogen) atoms. The number of carbonyl (C=O) groups is 1. The number of hydrogen-bond acceptors (Lipinski definition) is 7. The fraction of sp³-hybridized carbons (Fsp3) is 0.438. The molecule has 1 N–H and O–H groups in total. The minimum atomic E-state index is -1.03. The number of hydrogen-bond donors (Lipinski definition) is 1. The molecular formula is C16H21N3O5. The van der Waals surface area contributed by atoms with Crippen molar-refractivity contribution in [2.75, 3.05) is 14.2 Å². The lowest BCUT2D eigenvalue weighted by molar-refractivity contribution is -0.144. The van der Waals surface area contributed by atoms with Gasteiger partial charge in [-0.05, 0) is 38.6 Å². The summed E-state index contributed by atoms with van der Waals surface area (Å²) in [6.07, 6.45) is -0.951. The molecule has 0 saturated carbocycles. The quantitative estimate of drug-likeness (QED) is 0.781. The summed E-state index contributed by atoms with van der Waals surface area (Å²) < 4.78 is 15.8. The van der Waals surface area contributed by atoms with Crippen LogP contribution in [-0.2, 0) is 17.9 Å². The largest absolute Gasteiger partial charge is 0.493 e. The topological polar surface area (TPSA) is 97.9 Å². The van der Waals surface area contributed by atoms with Gasteiger partial charge in [0.25, 0.3) is 0 Å². The zero-order chi connectivity index (χ0) is 17.7. The molecule has 0 fully saturated rings. The van der Waals surface area contributed by atoms with Crippen LogP contribution >= 0.6 is 0 Å². The number of aromatic nitrogens is 2. The lowest BCUT2D eigenvalue weighted by atomic mass is 10.2. The number of benzene rings is 1. The Morgan fingerprint density at radius 1 is 1.38 bits per heavy atom. The van der Waals surface area contributed by atoms with Gasteiger partial charge in [0.15, 0.2) is 23.4 Å². The second kappa shape index (κ2) is 7.78. The molecule has 0 saturated heterocycles. The maximum Gasteiger partial charge on any atom is 0.344 e. The number of carboxylic acids is 1. The van der Waals surface area contributed by atoms with Crippen molar-refractivity contribution < 1.29 is 23.9 Å². The van der Waals surface area contributed by atoms with Crippen molar-refractivity contribution in [1.82, 2.24) is 15.0 Å². The van der Waals surface area contributed by atoms with E-state index in [1.165, 1.54) is 14.0 Å². The molecule has 0 unspecified atom stereocenters. The summed E-state index contributed by atoms with van der Waals surface area (Å²) in [5.41, 5.74) is 0.987. The van der Waals surface area contributed by atoms with Crippen LogP contribution in [0.2, 0.25) is 0 Å². The van der Waals surface area contributed by atoms with Gasteiger partial charge in [0.05, 0.1) is 13.7 Å². The second-order valence-corrected chi connectivity index (χ2v) is 5.49. The van der Waals surface area contributed by atoms with E-state index in [9.17, 15) is 4.79 Å². The number of aryl methyl sites for hydroxylation is 1. The van der Waals surface area contributed by atoms with Gasteiger partial charge >= 0.3 is 5.97 Å². The monoisotopic (exact) mass is 335 g/mol. The Morgan fingerprint density at radius 3 is 2.71 bits per heavy atom. The normalized spacial score (nSPS) is 12.2. The first-order valence-electron chi connectivity index (χ1n) is 7.43. The van der Waals surface area contributed by atoms with E-state index in [0.717, 1.165) is 5.56 Å². The van der Waals surface area contributed by atoms with Crippen molar-refractivity contribution in [2.24, 2.45) is 0 Å². The molecule has 1 aromatic heterocycles. The maximum absolute atomic E-state index is 10.9. The van der Waals surface area contributed by atoms with E-state index in [1.807, 2.05) is 24.1 Å². The van der Waals surface area contributed by atoms with Crippen LogP contribution in [0.15, 0.2) is 22.7 Å². The average Bonchev–Trinajstić information content (AvgIpc) is 2.93. The SMILES string of the molecule is COc1cc(CN(C)Cc2nc(C)no2)ccc1O[C@H](C)C(=O)O. The van der Waals surface area contributed by atoms with Gasteiger partial charge in [0.2, 0.25) is 5.89 Å². The van der Waals surface area contributed by atoms with Crippen LogP contribution in [-0.4, -0.2) is 46.4 Å². The van der Waals surface area contributed by atoms with Crippen LogP contribution in [0, 0.1) is 6.92 Å². The molecule has 8 heteroatoms. The van der Waals surface area contributed by atoms with Gasteiger partial charge in [-0.25, -0.2) is 4.79 Å². The van der Waals surface area contributed by atoms with Crippen molar-refractivity contribution >= 4 is 5.97 Å². The van der Waals surface area contributed by atoms with Crippen LogP contribution in [0.3, 0.4) is 0 Å². The molecule has 2 rings (SSSR count). The van der Waals surface area contributed by atoms with E-state index in [4.69, 9.17) is 19.1 Å². The third-order valence-corrected chi connectivity index (χ3v) is 3.31. The predicted molar refractivity (Wildman–Crippen MR) is 84.9 cm³/mol. The summed E-state index contributed by atoms with van der Waals surface area (Å²) in [4.78, 5) is 17.1. The average molecular weight is 335 g/mol. The summed E-state index contributed by atoms with van der Waals surface area (Å²) >= 11 is 0. The maximum atomic E-state index is 10.9. The third-order valence-electron chi connectivity index (χ3n) is 3.31. The lowest BCUT2D eigenvalue weighted by Crippen LogP contribution is -2.23. The van der Waals surface area contributed by atoms with Gasteiger partial charge in [-0.1, -0.05) is 11.2 Å². The van der Waals surface area contributed by atoms with Gasteiger partial charge in [-0.3, -0.25) is 4.90 Å². The molecular weight excluding hydrogens is 314 g/mol. The summed E-state index contributed by atoms with van der Waals surface area (Å²) in [6.45, 7) is 4.40. The van der Waals surface area contributed by atoms with Crippen LogP contribution < -0.4 is 9.47 Å². The number of nitrogens with zero attached hydrogens (tertiary/aromatic N) is 3. The smallest absolute Gasteiger partial charge is 0.344 e. The number of rotatable bonds is 8. The molecule has 1 atom stereocenters. The molecule has 0 bridgehead atoms. The molecule has 1 aromatic carbocycles. The zero-order valence-corrected chi connectivity index (χ0v) is 14.1. The highest BCUT2D eigenvalue weighted by Crippen LogP contribution is 2.29. The van der Waals surface area contributed by atoms with E-state index >= 15 is 0 Å². The van der Waals surface area contributed by atoms with Crippen molar-refractivity contribution in [3.8, 4) is 11.5 Å². The Hall–Kier alpha value is -2.61.